The lowest BCUT2D eigenvalue weighted by molar-refractivity contribution is 0.683. The lowest BCUT2D eigenvalue weighted by Gasteiger charge is -2.20. The van der Waals surface area contributed by atoms with Gasteiger partial charge in [-0.3, -0.25) is 4.21 Å². The van der Waals surface area contributed by atoms with Crippen LogP contribution in [0, 0.1) is 0 Å². The van der Waals surface area contributed by atoms with Gasteiger partial charge in [-0.1, -0.05) is 17.7 Å². The molecule has 1 unspecified atom stereocenters. The van der Waals surface area contributed by atoms with Gasteiger partial charge < -0.3 is 4.90 Å². The van der Waals surface area contributed by atoms with E-state index in [4.69, 9.17) is 11.6 Å². The zero-order chi connectivity index (χ0) is 10.7. The van der Waals surface area contributed by atoms with E-state index in [0.717, 1.165) is 36.8 Å². The molecule has 3 nitrogen and oxygen atoms in total. The van der Waals surface area contributed by atoms with Gasteiger partial charge in [-0.25, -0.2) is 4.98 Å². The summed E-state index contributed by atoms with van der Waals surface area (Å²) in [5.41, 5.74) is 0. The van der Waals surface area contributed by atoms with Crippen molar-refractivity contribution in [2.75, 3.05) is 29.5 Å². The number of hydrogen-bond donors (Lipinski definition) is 0. The first-order valence-corrected chi connectivity index (χ1v) is 6.85. The largest absolute Gasteiger partial charge is 0.356 e. The van der Waals surface area contributed by atoms with Crippen LogP contribution in [0.2, 0.25) is 5.15 Å². The Morgan fingerprint density at radius 2 is 2.20 bits per heavy atom. The molecule has 82 valence electrons. The molecule has 5 heteroatoms. The third-order valence-corrected chi connectivity index (χ3v) is 4.01. The van der Waals surface area contributed by atoms with Crippen LogP contribution >= 0.6 is 11.6 Å². The van der Waals surface area contributed by atoms with Gasteiger partial charge in [0.2, 0.25) is 0 Å². The van der Waals surface area contributed by atoms with Crippen LogP contribution in [-0.4, -0.2) is 33.8 Å². The molecule has 0 saturated carbocycles. The van der Waals surface area contributed by atoms with E-state index in [1.165, 1.54) is 0 Å². The van der Waals surface area contributed by atoms with E-state index in [0.29, 0.717) is 5.15 Å². The fourth-order valence-corrected chi connectivity index (χ4v) is 2.88. The molecule has 1 aliphatic rings. The number of hydrogen-bond acceptors (Lipinski definition) is 3. The van der Waals surface area contributed by atoms with E-state index in [9.17, 15) is 4.21 Å². The number of rotatable bonds is 1. The molecule has 2 heterocycles. The predicted molar refractivity (Wildman–Crippen MR) is 64.0 cm³/mol. The molecule has 0 aromatic carbocycles. The lowest BCUT2D eigenvalue weighted by atomic mass is 10.3. The van der Waals surface area contributed by atoms with Crippen LogP contribution in [-0.2, 0) is 10.8 Å². The van der Waals surface area contributed by atoms with E-state index in [-0.39, 0.29) is 0 Å². The summed E-state index contributed by atoms with van der Waals surface area (Å²) in [4.78, 5) is 6.41. The summed E-state index contributed by atoms with van der Waals surface area (Å²) in [6, 6.07) is 5.60. The highest BCUT2D eigenvalue weighted by Crippen LogP contribution is 2.16. The Labute approximate surface area is 96.9 Å². The maximum Gasteiger partial charge on any atom is 0.131 e. The number of aromatic nitrogens is 1. The van der Waals surface area contributed by atoms with Crippen molar-refractivity contribution in [3.8, 4) is 0 Å². The molecule has 2 rings (SSSR count). The topological polar surface area (TPSA) is 33.2 Å². The molecule has 1 aliphatic heterocycles. The third kappa shape index (κ3) is 2.92. The molecular formula is C10H13ClN2OS. The quantitative estimate of drug-likeness (QED) is 0.705. The van der Waals surface area contributed by atoms with Crippen LogP contribution in [0.3, 0.4) is 0 Å². The highest BCUT2D eigenvalue weighted by Gasteiger charge is 2.14. The molecule has 15 heavy (non-hydrogen) atoms. The molecule has 0 bridgehead atoms. The maximum atomic E-state index is 11.4. The van der Waals surface area contributed by atoms with E-state index in [1.807, 2.05) is 12.1 Å². The van der Waals surface area contributed by atoms with Crippen molar-refractivity contribution in [1.29, 1.82) is 0 Å². The van der Waals surface area contributed by atoms with Gasteiger partial charge >= 0.3 is 0 Å². The summed E-state index contributed by atoms with van der Waals surface area (Å²) < 4.78 is 11.4. The Morgan fingerprint density at radius 3 is 3.00 bits per heavy atom. The number of anilines is 1. The van der Waals surface area contributed by atoms with Crippen LogP contribution in [0.25, 0.3) is 0 Å². The summed E-state index contributed by atoms with van der Waals surface area (Å²) in [6.07, 6.45) is 0.959. The molecule has 0 aliphatic carbocycles. The molecular weight excluding hydrogens is 232 g/mol. The molecule has 1 fully saturated rings. The first kappa shape index (κ1) is 10.9. The smallest absolute Gasteiger partial charge is 0.131 e. The fourth-order valence-electron chi connectivity index (χ4n) is 1.65. The number of halogens is 1. The third-order valence-electron chi connectivity index (χ3n) is 2.41. The van der Waals surface area contributed by atoms with Crippen LogP contribution in [0.5, 0.6) is 0 Å². The highest BCUT2D eigenvalue weighted by atomic mass is 35.5. The first-order valence-electron chi connectivity index (χ1n) is 4.98. The second kappa shape index (κ2) is 4.94. The normalized spacial score (nSPS) is 22.5. The molecule has 0 radical (unpaired) electrons. The molecule has 0 N–H and O–H groups in total. The summed E-state index contributed by atoms with van der Waals surface area (Å²) >= 11 is 5.84. The molecule has 0 amide bonds. The average molecular weight is 245 g/mol. The number of nitrogens with zero attached hydrogens (tertiary/aromatic N) is 2. The summed E-state index contributed by atoms with van der Waals surface area (Å²) in [5, 5.41) is 0.512. The van der Waals surface area contributed by atoms with Crippen molar-refractivity contribution in [1.82, 2.24) is 4.98 Å². The standard InChI is InChI=1S/C10H13ClN2OS/c11-9-3-1-4-10(12-9)13-5-2-7-15(14)8-6-13/h1,3-4H,2,5-8H2. The van der Waals surface area contributed by atoms with Gasteiger partial charge in [0.05, 0.1) is 0 Å². The predicted octanol–water partition coefficient (Wildman–Crippen LogP) is 1.69. The van der Waals surface area contributed by atoms with Crippen LogP contribution < -0.4 is 4.90 Å². The Hall–Kier alpha value is -0.610. The van der Waals surface area contributed by atoms with Crippen molar-refractivity contribution >= 4 is 28.2 Å². The van der Waals surface area contributed by atoms with Gasteiger partial charge in [0, 0.05) is 35.4 Å². The lowest BCUT2D eigenvalue weighted by Crippen LogP contribution is -2.26. The van der Waals surface area contributed by atoms with Gasteiger partial charge in [-0.15, -0.1) is 0 Å². The Bertz CT molecular complexity index is 372. The first-order chi connectivity index (χ1) is 7.25. The van der Waals surface area contributed by atoms with E-state index in [1.54, 1.807) is 6.07 Å². The van der Waals surface area contributed by atoms with Crippen molar-refractivity contribution in [2.45, 2.75) is 6.42 Å². The van der Waals surface area contributed by atoms with Gasteiger partial charge in [0.1, 0.15) is 11.0 Å². The summed E-state index contributed by atoms with van der Waals surface area (Å²) in [7, 11) is -0.660. The van der Waals surface area contributed by atoms with Gasteiger partial charge in [0.15, 0.2) is 0 Å². The minimum Gasteiger partial charge on any atom is -0.356 e. The fraction of sp³-hybridized carbons (Fsp3) is 0.500. The molecule has 1 aromatic heterocycles. The number of pyridine rings is 1. The average Bonchev–Trinajstić information content (AvgIpc) is 2.43. The molecule has 0 spiro atoms. The van der Waals surface area contributed by atoms with Gasteiger partial charge in [-0.05, 0) is 18.6 Å². The molecule has 1 saturated heterocycles. The maximum absolute atomic E-state index is 11.4. The second-order valence-corrected chi connectivity index (χ2v) is 5.59. The summed E-state index contributed by atoms with van der Waals surface area (Å²) in [6.45, 7) is 1.72. The Morgan fingerprint density at radius 1 is 1.33 bits per heavy atom. The van der Waals surface area contributed by atoms with E-state index in [2.05, 4.69) is 9.88 Å². The van der Waals surface area contributed by atoms with Crippen LogP contribution in [0.15, 0.2) is 18.2 Å². The summed E-state index contributed by atoms with van der Waals surface area (Å²) in [5.74, 6) is 2.42. The van der Waals surface area contributed by atoms with E-state index >= 15 is 0 Å². The van der Waals surface area contributed by atoms with E-state index < -0.39 is 10.8 Å². The highest BCUT2D eigenvalue weighted by molar-refractivity contribution is 7.85. The Kier molecular flexibility index (Phi) is 3.59. The Balaban J connectivity index is 2.13. The molecule has 1 aromatic rings. The van der Waals surface area contributed by atoms with Gasteiger partial charge in [-0.2, -0.15) is 0 Å². The van der Waals surface area contributed by atoms with Gasteiger partial charge in [0.25, 0.3) is 0 Å². The SMILES string of the molecule is O=S1CCCN(c2cccc(Cl)n2)CC1. The van der Waals surface area contributed by atoms with Crippen LogP contribution in [0.4, 0.5) is 5.82 Å². The molecule has 1 atom stereocenters. The van der Waals surface area contributed by atoms with Crippen molar-refractivity contribution in [3.05, 3.63) is 23.4 Å². The van der Waals surface area contributed by atoms with Crippen molar-refractivity contribution < 1.29 is 4.21 Å². The van der Waals surface area contributed by atoms with Crippen molar-refractivity contribution in [3.63, 3.8) is 0 Å². The van der Waals surface area contributed by atoms with Crippen LogP contribution in [0.1, 0.15) is 6.42 Å². The zero-order valence-corrected chi connectivity index (χ0v) is 9.93. The van der Waals surface area contributed by atoms with Crippen molar-refractivity contribution in [2.24, 2.45) is 0 Å². The minimum absolute atomic E-state index is 0.512. The zero-order valence-electron chi connectivity index (χ0n) is 8.36. The second-order valence-electron chi connectivity index (χ2n) is 3.51. The minimum atomic E-state index is -0.660. The monoisotopic (exact) mass is 244 g/mol.